The number of hydrogen-bond acceptors (Lipinski definition) is 3. The summed E-state index contributed by atoms with van der Waals surface area (Å²) in [6.07, 6.45) is 2.08. The van der Waals surface area contributed by atoms with Crippen LogP contribution in [-0.2, 0) is 35.3 Å². The molecule has 0 spiro atoms. The van der Waals surface area contributed by atoms with Crippen LogP contribution in [-0.4, -0.2) is 22.9 Å². The number of ether oxygens (including phenoxy) is 1. The summed E-state index contributed by atoms with van der Waals surface area (Å²) in [6.45, 7) is 9.42. The Morgan fingerprint density at radius 1 is 1.33 bits per heavy atom. The number of rotatable bonds is 6. The van der Waals surface area contributed by atoms with E-state index < -0.39 is 0 Å². The largest absolute Gasteiger partial charge is 0.469 e. The molecule has 4 nitrogen and oxygen atoms in total. The lowest BCUT2D eigenvalue weighted by atomic mass is 10.1. The van der Waals surface area contributed by atoms with E-state index in [-0.39, 0.29) is 5.97 Å². The molecular weight excluding hydrogens is 228 g/mol. The highest BCUT2D eigenvalue weighted by Gasteiger charge is 2.18. The Bertz CT molecular complexity index is 408. The van der Waals surface area contributed by atoms with E-state index in [4.69, 9.17) is 4.74 Å². The molecule has 0 aliphatic carbocycles. The number of carbonyl (C=O) groups is 1. The van der Waals surface area contributed by atoms with Crippen molar-refractivity contribution in [2.75, 3.05) is 7.11 Å². The monoisotopic (exact) mass is 252 g/mol. The highest BCUT2D eigenvalue weighted by molar-refractivity contribution is 5.73. The molecule has 1 aromatic heterocycles. The van der Waals surface area contributed by atoms with Gasteiger partial charge in [-0.1, -0.05) is 27.7 Å². The highest BCUT2D eigenvalue weighted by Crippen LogP contribution is 2.18. The van der Waals surface area contributed by atoms with Gasteiger partial charge in [0.15, 0.2) is 0 Å². The van der Waals surface area contributed by atoms with E-state index in [0.717, 1.165) is 30.6 Å². The van der Waals surface area contributed by atoms with Gasteiger partial charge in [-0.05, 0) is 18.8 Å². The fraction of sp³-hybridized carbons (Fsp3) is 0.714. The molecule has 0 saturated carbocycles. The highest BCUT2D eigenvalue weighted by atomic mass is 16.5. The molecule has 0 saturated heterocycles. The van der Waals surface area contributed by atoms with E-state index in [1.165, 1.54) is 12.8 Å². The molecule has 0 bridgehead atoms. The second-order valence-electron chi connectivity index (χ2n) is 4.91. The second-order valence-corrected chi connectivity index (χ2v) is 4.91. The number of methoxy groups -OCH3 is 1. The number of carbonyl (C=O) groups excluding carboxylic acids is 1. The SMILES string of the molecule is CCc1nn(CC(C)C)c(CC)c1CC(=O)OC. The van der Waals surface area contributed by atoms with Crippen LogP contribution in [0, 0.1) is 5.92 Å². The van der Waals surface area contributed by atoms with Gasteiger partial charge in [0.25, 0.3) is 0 Å². The van der Waals surface area contributed by atoms with E-state index in [9.17, 15) is 4.79 Å². The Kier molecular flexibility index (Phi) is 5.38. The van der Waals surface area contributed by atoms with Crippen molar-refractivity contribution in [2.24, 2.45) is 5.92 Å². The van der Waals surface area contributed by atoms with Gasteiger partial charge in [-0.25, -0.2) is 0 Å². The molecule has 0 radical (unpaired) electrons. The maximum Gasteiger partial charge on any atom is 0.310 e. The number of hydrogen-bond donors (Lipinski definition) is 0. The molecule has 0 aliphatic rings. The first-order valence-electron chi connectivity index (χ1n) is 6.67. The molecular formula is C14H24N2O2. The van der Waals surface area contributed by atoms with Crippen molar-refractivity contribution in [1.29, 1.82) is 0 Å². The smallest absolute Gasteiger partial charge is 0.310 e. The number of aryl methyl sites for hydroxylation is 1. The van der Waals surface area contributed by atoms with Crippen molar-refractivity contribution < 1.29 is 9.53 Å². The summed E-state index contributed by atoms with van der Waals surface area (Å²) in [6, 6.07) is 0. The lowest BCUT2D eigenvalue weighted by molar-refractivity contribution is -0.139. The predicted octanol–water partition coefficient (Wildman–Crippen LogP) is 2.38. The van der Waals surface area contributed by atoms with E-state index in [2.05, 4.69) is 37.5 Å². The normalized spacial score (nSPS) is 11.0. The van der Waals surface area contributed by atoms with Crippen LogP contribution in [0.15, 0.2) is 0 Å². The van der Waals surface area contributed by atoms with Crippen molar-refractivity contribution >= 4 is 5.97 Å². The lowest BCUT2D eigenvalue weighted by Crippen LogP contribution is -2.11. The van der Waals surface area contributed by atoms with Crippen LogP contribution in [0.25, 0.3) is 0 Å². The quantitative estimate of drug-likeness (QED) is 0.730. The Balaban J connectivity index is 3.12. The maximum atomic E-state index is 11.5. The summed E-state index contributed by atoms with van der Waals surface area (Å²) in [7, 11) is 1.43. The molecule has 0 aliphatic heterocycles. The Morgan fingerprint density at radius 3 is 2.44 bits per heavy atom. The summed E-state index contributed by atoms with van der Waals surface area (Å²) in [5.41, 5.74) is 3.26. The first kappa shape index (κ1) is 14.7. The van der Waals surface area contributed by atoms with E-state index in [1.807, 2.05) is 0 Å². The summed E-state index contributed by atoms with van der Waals surface area (Å²) in [5, 5.41) is 4.64. The molecule has 102 valence electrons. The fourth-order valence-corrected chi connectivity index (χ4v) is 2.19. The first-order valence-corrected chi connectivity index (χ1v) is 6.67. The van der Waals surface area contributed by atoms with Crippen LogP contribution >= 0.6 is 0 Å². The average molecular weight is 252 g/mol. The van der Waals surface area contributed by atoms with Gasteiger partial charge in [-0.3, -0.25) is 9.48 Å². The van der Waals surface area contributed by atoms with E-state index >= 15 is 0 Å². The molecule has 1 aromatic rings. The third kappa shape index (κ3) is 3.34. The third-order valence-electron chi connectivity index (χ3n) is 3.01. The summed E-state index contributed by atoms with van der Waals surface area (Å²) < 4.78 is 6.82. The minimum absolute atomic E-state index is 0.191. The summed E-state index contributed by atoms with van der Waals surface area (Å²) >= 11 is 0. The Labute approximate surface area is 109 Å². The van der Waals surface area contributed by atoms with Crippen LogP contribution in [0.2, 0.25) is 0 Å². The molecule has 1 heterocycles. The average Bonchev–Trinajstić information content (AvgIpc) is 2.65. The van der Waals surface area contributed by atoms with Crippen molar-refractivity contribution in [3.05, 3.63) is 17.0 Å². The van der Waals surface area contributed by atoms with Gasteiger partial charge < -0.3 is 4.74 Å². The zero-order chi connectivity index (χ0) is 13.7. The second kappa shape index (κ2) is 6.57. The van der Waals surface area contributed by atoms with Crippen molar-refractivity contribution in [3.8, 4) is 0 Å². The van der Waals surface area contributed by atoms with Crippen LogP contribution < -0.4 is 0 Å². The van der Waals surface area contributed by atoms with Gasteiger partial charge >= 0.3 is 5.97 Å². The van der Waals surface area contributed by atoms with Crippen LogP contribution in [0.4, 0.5) is 0 Å². The van der Waals surface area contributed by atoms with Crippen LogP contribution in [0.3, 0.4) is 0 Å². The molecule has 0 aromatic carbocycles. The third-order valence-corrected chi connectivity index (χ3v) is 3.01. The molecule has 0 unspecified atom stereocenters. The molecule has 0 N–H and O–H groups in total. The maximum absolute atomic E-state index is 11.5. The zero-order valence-corrected chi connectivity index (χ0v) is 12.1. The van der Waals surface area contributed by atoms with Gasteiger partial charge in [-0.15, -0.1) is 0 Å². The lowest BCUT2D eigenvalue weighted by Gasteiger charge is -2.09. The van der Waals surface area contributed by atoms with Gasteiger partial charge in [0.2, 0.25) is 0 Å². The topological polar surface area (TPSA) is 44.1 Å². The molecule has 18 heavy (non-hydrogen) atoms. The van der Waals surface area contributed by atoms with Crippen molar-refractivity contribution in [3.63, 3.8) is 0 Å². The summed E-state index contributed by atoms with van der Waals surface area (Å²) in [4.78, 5) is 11.5. The molecule has 4 heteroatoms. The van der Waals surface area contributed by atoms with E-state index in [1.54, 1.807) is 0 Å². The van der Waals surface area contributed by atoms with Gasteiger partial charge in [-0.2, -0.15) is 5.10 Å². The minimum Gasteiger partial charge on any atom is -0.469 e. The van der Waals surface area contributed by atoms with Crippen LogP contribution in [0.5, 0.6) is 0 Å². The molecule has 0 fully saturated rings. The molecule has 0 amide bonds. The summed E-state index contributed by atoms with van der Waals surface area (Å²) in [5.74, 6) is 0.356. The van der Waals surface area contributed by atoms with Gasteiger partial charge in [0.05, 0.1) is 19.2 Å². The Morgan fingerprint density at radius 2 is 2.00 bits per heavy atom. The zero-order valence-electron chi connectivity index (χ0n) is 12.1. The standard InChI is InChI=1S/C14H24N2O2/c1-6-12-11(8-14(17)18-5)13(7-2)16(15-12)9-10(3)4/h10H,6-9H2,1-5H3. The fourth-order valence-electron chi connectivity index (χ4n) is 2.19. The predicted molar refractivity (Wildman–Crippen MR) is 71.5 cm³/mol. The number of esters is 1. The van der Waals surface area contributed by atoms with Crippen LogP contribution in [0.1, 0.15) is 44.6 Å². The van der Waals surface area contributed by atoms with Gasteiger partial charge in [0, 0.05) is 17.8 Å². The first-order chi connectivity index (χ1) is 8.53. The molecule has 1 rings (SSSR count). The number of aromatic nitrogens is 2. The van der Waals surface area contributed by atoms with Crippen molar-refractivity contribution in [2.45, 2.75) is 53.5 Å². The van der Waals surface area contributed by atoms with Gasteiger partial charge in [0.1, 0.15) is 0 Å². The Hall–Kier alpha value is -1.32. The van der Waals surface area contributed by atoms with Crippen molar-refractivity contribution in [1.82, 2.24) is 9.78 Å². The number of nitrogens with zero attached hydrogens (tertiary/aromatic N) is 2. The van der Waals surface area contributed by atoms with E-state index in [0.29, 0.717) is 12.3 Å². The minimum atomic E-state index is -0.191. The molecule has 0 atom stereocenters.